The molecular formula is C45H54N2O11. The van der Waals surface area contributed by atoms with Crippen molar-refractivity contribution in [3.63, 3.8) is 0 Å². The number of hydrogen-bond donors (Lipinski definition) is 2. The van der Waals surface area contributed by atoms with E-state index in [1.54, 1.807) is 0 Å². The summed E-state index contributed by atoms with van der Waals surface area (Å²) in [6, 6.07) is 39.8. The van der Waals surface area contributed by atoms with Crippen molar-refractivity contribution >= 4 is 17.8 Å². The molecule has 0 aliphatic carbocycles. The monoisotopic (exact) mass is 798 g/mol. The summed E-state index contributed by atoms with van der Waals surface area (Å²) in [5.41, 5.74) is 2.75. The Labute approximate surface area is 340 Å². The Morgan fingerprint density at radius 1 is 0.638 bits per heavy atom. The highest BCUT2D eigenvalue weighted by Crippen LogP contribution is 2.39. The van der Waals surface area contributed by atoms with Gasteiger partial charge in [0.05, 0.1) is 39.6 Å². The third-order valence-electron chi connectivity index (χ3n) is 9.76. The molecule has 4 aromatic carbocycles. The number of hydrogen-bond acceptors (Lipinski definition) is 10. The van der Waals surface area contributed by atoms with Crippen LogP contribution in [0.1, 0.15) is 36.1 Å². The second-order valence-electron chi connectivity index (χ2n) is 14.8. The number of rotatable bonds is 17. The first kappa shape index (κ1) is 44.1. The third-order valence-corrected chi connectivity index (χ3v) is 9.76. The lowest BCUT2D eigenvalue weighted by Crippen LogP contribution is -2.63. The van der Waals surface area contributed by atoms with Crippen LogP contribution in [-0.4, -0.2) is 114 Å². The largest absolute Gasteiger partial charge is 0.473 e. The predicted octanol–water partition coefficient (Wildman–Crippen LogP) is 5.41. The average Bonchev–Trinajstić information content (AvgIpc) is 3.55. The number of likely N-dealkylation sites (N-methyl/N-ethyl adjacent to an activating group) is 1. The van der Waals surface area contributed by atoms with Crippen LogP contribution in [0.15, 0.2) is 121 Å². The van der Waals surface area contributed by atoms with Crippen molar-refractivity contribution < 1.29 is 53.0 Å². The fourth-order valence-electron chi connectivity index (χ4n) is 6.73. The molecule has 0 saturated carbocycles. The molecule has 6 rings (SSSR count). The van der Waals surface area contributed by atoms with Gasteiger partial charge in [-0.15, -0.1) is 0 Å². The normalized spacial score (nSPS) is 19.3. The predicted molar refractivity (Wildman–Crippen MR) is 214 cm³/mol. The molecule has 1 unspecified atom stereocenters. The van der Waals surface area contributed by atoms with E-state index < -0.39 is 41.6 Å². The first-order valence-electron chi connectivity index (χ1n) is 19.3. The highest BCUT2D eigenvalue weighted by molar-refractivity contribution is 6.27. The zero-order valence-electron chi connectivity index (χ0n) is 33.3. The fraction of sp³-hybridized carbons (Fsp3) is 0.400. The van der Waals surface area contributed by atoms with Gasteiger partial charge >= 0.3 is 11.9 Å². The third kappa shape index (κ3) is 13.3. The molecule has 0 aromatic heterocycles. The molecule has 2 heterocycles. The minimum absolute atomic E-state index is 0.129. The van der Waals surface area contributed by atoms with Crippen LogP contribution in [0.3, 0.4) is 0 Å². The van der Waals surface area contributed by atoms with E-state index in [4.69, 9.17) is 48.2 Å². The summed E-state index contributed by atoms with van der Waals surface area (Å²) in [6.07, 6.45) is -2.81. The van der Waals surface area contributed by atoms with E-state index >= 15 is 0 Å². The van der Waals surface area contributed by atoms with Crippen LogP contribution in [0.25, 0.3) is 0 Å². The van der Waals surface area contributed by atoms with E-state index in [9.17, 15) is 4.79 Å². The van der Waals surface area contributed by atoms with Gasteiger partial charge in [0, 0.05) is 26.2 Å². The van der Waals surface area contributed by atoms with Crippen LogP contribution in [0.4, 0.5) is 0 Å². The molecule has 0 bridgehead atoms. The van der Waals surface area contributed by atoms with Gasteiger partial charge < -0.3 is 48.4 Å². The van der Waals surface area contributed by atoms with Gasteiger partial charge in [0.25, 0.3) is 5.91 Å². The SMILES string of the molecule is CN1CCN(C(=O)[C@H](OCc2ccccc2)[C@@H](OCc2ccccc2)[C@H](OCc2ccccc2)C2(COCc3ccccc3)COC(C)(C)O2)CC1.O=C(O)C(=O)O. The van der Waals surface area contributed by atoms with E-state index in [-0.39, 0.29) is 38.9 Å². The maximum absolute atomic E-state index is 14.8. The van der Waals surface area contributed by atoms with Gasteiger partial charge in [-0.25, -0.2) is 9.59 Å². The van der Waals surface area contributed by atoms with E-state index in [0.717, 1.165) is 35.3 Å². The first-order chi connectivity index (χ1) is 27.9. The molecule has 2 aliphatic heterocycles. The summed E-state index contributed by atoms with van der Waals surface area (Å²) >= 11 is 0. The molecule has 4 atom stereocenters. The molecule has 0 spiro atoms. The quantitative estimate of drug-likeness (QED) is 0.131. The van der Waals surface area contributed by atoms with Crippen molar-refractivity contribution in [2.24, 2.45) is 0 Å². The number of carboxylic acid groups (broad SMARTS) is 2. The Morgan fingerprint density at radius 3 is 1.50 bits per heavy atom. The molecule has 13 nitrogen and oxygen atoms in total. The summed E-state index contributed by atoms with van der Waals surface area (Å²) in [5, 5.41) is 14.8. The Kier molecular flexibility index (Phi) is 16.5. The second-order valence-corrected chi connectivity index (χ2v) is 14.8. The number of piperazine rings is 1. The Balaban J connectivity index is 0.000000992. The molecule has 13 heteroatoms. The molecule has 2 N–H and O–H groups in total. The van der Waals surface area contributed by atoms with Crippen LogP contribution >= 0.6 is 0 Å². The number of aliphatic carboxylic acids is 2. The summed E-state index contributed by atoms with van der Waals surface area (Å²) in [5.74, 6) is -4.74. The highest BCUT2D eigenvalue weighted by atomic mass is 16.8. The number of nitrogens with zero attached hydrogens (tertiary/aromatic N) is 2. The molecule has 0 radical (unpaired) electrons. The lowest BCUT2D eigenvalue weighted by Gasteiger charge is -2.43. The Hall–Kier alpha value is -4.99. The summed E-state index contributed by atoms with van der Waals surface area (Å²) < 4.78 is 40.3. The number of ether oxygens (including phenoxy) is 6. The summed E-state index contributed by atoms with van der Waals surface area (Å²) in [7, 11) is 2.07. The molecule has 58 heavy (non-hydrogen) atoms. The highest BCUT2D eigenvalue weighted by Gasteiger charge is 2.57. The van der Waals surface area contributed by atoms with Gasteiger partial charge in [-0.1, -0.05) is 121 Å². The van der Waals surface area contributed by atoms with Crippen LogP contribution in [0.5, 0.6) is 0 Å². The van der Waals surface area contributed by atoms with Crippen LogP contribution in [0, 0.1) is 0 Å². The smallest absolute Gasteiger partial charge is 0.414 e. The van der Waals surface area contributed by atoms with Crippen molar-refractivity contribution in [1.29, 1.82) is 0 Å². The van der Waals surface area contributed by atoms with Crippen LogP contribution < -0.4 is 0 Å². The number of carboxylic acids is 2. The van der Waals surface area contributed by atoms with Gasteiger partial charge in [-0.2, -0.15) is 0 Å². The van der Waals surface area contributed by atoms with Gasteiger partial charge in [0.15, 0.2) is 11.9 Å². The van der Waals surface area contributed by atoms with Crippen molar-refractivity contribution in [3.05, 3.63) is 144 Å². The number of benzene rings is 4. The van der Waals surface area contributed by atoms with E-state index in [0.29, 0.717) is 19.7 Å². The number of amides is 1. The van der Waals surface area contributed by atoms with E-state index in [1.165, 1.54) is 0 Å². The Morgan fingerprint density at radius 2 is 1.07 bits per heavy atom. The molecule has 2 aliphatic rings. The zero-order valence-corrected chi connectivity index (χ0v) is 33.3. The lowest BCUT2D eigenvalue weighted by molar-refractivity contribution is -0.248. The van der Waals surface area contributed by atoms with Gasteiger partial charge in [0.1, 0.15) is 17.8 Å². The fourth-order valence-corrected chi connectivity index (χ4v) is 6.73. The van der Waals surface area contributed by atoms with Gasteiger partial charge in [0.2, 0.25) is 0 Å². The summed E-state index contributed by atoms with van der Waals surface area (Å²) in [4.78, 5) is 37.2. The second kappa shape index (κ2) is 21.7. The number of carbonyl (C=O) groups excluding carboxylic acids is 1. The first-order valence-corrected chi connectivity index (χ1v) is 19.3. The summed E-state index contributed by atoms with van der Waals surface area (Å²) in [6.45, 7) is 7.81. The molecule has 2 fully saturated rings. The van der Waals surface area contributed by atoms with E-state index in [2.05, 4.69) is 11.9 Å². The van der Waals surface area contributed by atoms with Crippen molar-refractivity contribution in [2.45, 2.75) is 70.0 Å². The maximum Gasteiger partial charge on any atom is 0.414 e. The maximum atomic E-state index is 14.8. The van der Waals surface area contributed by atoms with Crippen molar-refractivity contribution in [1.82, 2.24) is 9.80 Å². The average molecular weight is 799 g/mol. The molecular weight excluding hydrogens is 744 g/mol. The standard InChI is InChI=1S/C43H52N2O7.C2H2O4/c1-42(2)51-33-43(52-42,32-47-28-34-16-8-4-9-17-34)40(50-31-37-22-14-7-15-23-37)38(48-29-35-18-10-5-11-19-35)39(49-30-36-20-12-6-13-21-36)41(46)45-26-24-44(3)25-27-45;3-1(4)2(5)6/h4-23,38-40H,24-33H2,1-3H3;(H,3,4)(H,5,6)/t38-,39-,40+,43?;/m1./s1. The Bertz CT molecular complexity index is 1830. The van der Waals surface area contributed by atoms with Crippen LogP contribution in [-0.2, 0) is 69.2 Å². The minimum Gasteiger partial charge on any atom is -0.473 e. The number of carbonyl (C=O) groups is 3. The zero-order chi connectivity index (χ0) is 41.4. The molecule has 4 aromatic rings. The van der Waals surface area contributed by atoms with Crippen LogP contribution in [0.2, 0.25) is 0 Å². The topological polar surface area (TPSA) is 154 Å². The minimum atomic E-state index is -1.82. The van der Waals surface area contributed by atoms with E-state index in [1.807, 2.05) is 140 Å². The van der Waals surface area contributed by atoms with Gasteiger partial charge in [-0.3, -0.25) is 4.79 Å². The molecule has 1 amide bonds. The lowest BCUT2D eigenvalue weighted by atomic mass is 9.89. The van der Waals surface area contributed by atoms with Crippen molar-refractivity contribution in [2.75, 3.05) is 46.4 Å². The molecule has 310 valence electrons. The van der Waals surface area contributed by atoms with Crippen molar-refractivity contribution in [3.8, 4) is 0 Å². The molecule has 2 saturated heterocycles. The van der Waals surface area contributed by atoms with Gasteiger partial charge in [-0.05, 0) is 43.1 Å².